The molecule has 0 aliphatic rings. The fourth-order valence-electron chi connectivity index (χ4n) is 2.40. The van der Waals surface area contributed by atoms with Crippen molar-refractivity contribution < 1.29 is 19.1 Å². The third-order valence-corrected chi connectivity index (χ3v) is 3.94. The summed E-state index contributed by atoms with van der Waals surface area (Å²) in [6, 6.07) is 9.24. The summed E-state index contributed by atoms with van der Waals surface area (Å²) in [6.45, 7) is 0. The second-order valence-electron chi connectivity index (χ2n) is 5.70. The van der Waals surface area contributed by atoms with E-state index in [1.165, 1.54) is 30.6 Å². The summed E-state index contributed by atoms with van der Waals surface area (Å²) in [5.74, 6) is -1.56. The highest BCUT2D eigenvalue weighted by Crippen LogP contribution is 2.27. The lowest BCUT2D eigenvalue weighted by Crippen LogP contribution is -2.08. The zero-order valence-corrected chi connectivity index (χ0v) is 15.1. The van der Waals surface area contributed by atoms with E-state index in [0.717, 1.165) is 6.08 Å². The number of carboxylic acid groups (broad SMARTS) is 1. The first-order valence-corrected chi connectivity index (χ1v) is 8.46. The number of aliphatic carboxylic acids is 1. The number of carboxylic acids is 1. The average Bonchev–Trinajstić information content (AvgIpc) is 2.65. The van der Waals surface area contributed by atoms with Crippen molar-refractivity contribution in [3.05, 3.63) is 65.7 Å². The van der Waals surface area contributed by atoms with Gasteiger partial charge in [0.2, 0.25) is 5.91 Å². The Morgan fingerprint density at radius 3 is 2.68 bits per heavy atom. The lowest BCUT2D eigenvalue weighted by molar-refractivity contribution is -0.136. The van der Waals surface area contributed by atoms with E-state index in [-0.39, 0.29) is 11.4 Å². The van der Waals surface area contributed by atoms with Crippen molar-refractivity contribution in [2.45, 2.75) is 6.42 Å². The predicted octanol–water partition coefficient (Wildman–Crippen LogP) is 4.14. The molecule has 142 valence electrons. The van der Waals surface area contributed by atoms with Crippen molar-refractivity contribution in [3.8, 4) is 0 Å². The van der Waals surface area contributed by atoms with Crippen LogP contribution < -0.4 is 10.6 Å². The second-order valence-corrected chi connectivity index (χ2v) is 6.10. The fraction of sp³-hybridized carbons (Fsp3) is 0.0526. The molecule has 0 aliphatic carbocycles. The molecule has 28 heavy (non-hydrogen) atoms. The van der Waals surface area contributed by atoms with Gasteiger partial charge in [-0.2, -0.15) is 0 Å². The van der Waals surface area contributed by atoms with Crippen LogP contribution in [0.15, 0.2) is 54.9 Å². The van der Waals surface area contributed by atoms with Crippen LogP contribution >= 0.6 is 11.6 Å². The Hall–Kier alpha value is -3.52. The summed E-state index contributed by atoms with van der Waals surface area (Å²) in [7, 11) is 0. The number of benzene rings is 2. The van der Waals surface area contributed by atoms with E-state index in [4.69, 9.17) is 16.7 Å². The molecule has 2 aromatic carbocycles. The Morgan fingerprint density at radius 1 is 1.14 bits per heavy atom. The zero-order chi connectivity index (χ0) is 20.1. The largest absolute Gasteiger partial charge is 0.481 e. The molecular formula is C19H14ClFN4O3. The van der Waals surface area contributed by atoms with Crippen molar-refractivity contribution >= 4 is 51.6 Å². The van der Waals surface area contributed by atoms with Crippen molar-refractivity contribution in [2.75, 3.05) is 10.6 Å². The standard InChI is InChI=1S/C19H14ClFN4O3/c20-14-9-12(4-6-15(14)21)25-19-13-8-11(5-7-16(13)22-10-23-19)24-17(26)2-1-3-18(27)28/h1-2,4-10H,3H2,(H,24,26)(H,27,28)(H,22,23,25). The number of hydrogen-bond acceptors (Lipinski definition) is 5. The minimum absolute atomic E-state index is 0.0236. The Kier molecular flexibility index (Phi) is 5.81. The van der Waals surface area contributed by atoms with Crippen molar-refractivity contribution in [2.24, 2.45) is 0 Å². The van der Waals surface area contributed by atoms with Gasteiger partial charge in [0.1, 0.15) is 18.0 Å². The minimum atomic E-state index is -1.02. The maximum Gasteiger partial charge on any atom is 0.307 e. The van der Waals surface area contributed by atoms with Gasteiger partial charge in [0.25, 0.3) is 0 Å². The monoisotopic (exact) mass is 400 g/mol. The summed E-state index contributed by atoms with van der Waals surface area (Å²) in [5, 5.41) is 14.9. The Morgan fingerprint density at radius 2 is 1.93 bits per heavy atom. The van der Waals surface area contributed by atoms with E-state index in [2.05, 4.69) is 20.6 Å². The SMILES string of the molecule is O=C(O)CC=CC(=O)Nc1ccc2ncnc(Nc3ccc(F)c(Cl)c3)c2c1. The second kappa shape index (κ2) is 8.45. The van der Waals surface area contributed by atoms with E-state index in [0.29, 0.717) is 28.1 Å². The van der Waals surface area contributed by atoms with Gasteiger partial charge in [-0.15, -0.1) is 0 Å². The number of hydrogen-bond donors (Lipinski definition) is 3. The average molecular weight is 401 g/mol. The Labute approximate surface area is 163 Å². The number of rotatable bonds is 6. The fourth-order valence-corrected chi connectivity index (χ4v) is 2.58. The molecule has 0 fully saturated rings. The molecule has 7 nitrogen and oxygen atoms in total. The highest BCUT2D eigenvalue weighted by atomic mass is 35.5. The highest BCUT2D eigenvalue weighted by Gasteiger charge is 2.08. The lowest BCUT2D eigenvalue weighted by Gasteiger charge is -2.10. The number of nitrogens with zero attached hydrogens (tertiary/aromatic N) is 2. The minimum Gasteiger partial charge on any atom is -0.481 e. The molecule has 0 saturated heterocycles. The van der Waals surface area contributed by atoms with Crippen molar-refractivity contribution in [3.63, 3.8) is 0 Å². The lowest BCUT2D eigenvalue weighted by atomic mass is 10.2. The zero-order valence-electron chi connectivity index (χ0n) is 14.3. The topological polar surface area (TPSA) is 104 Å². The number of carbonyl (C=O) groups excluding carboxylic acids is 1. The van der Waals surface area contributed by atoms with Crippen LogP contribution in [0.4, 0.5) is 21.6 Å². The van der Waals surface area contributed by atoms with E-state index in [1.807, 2.05) is 0 Å². The van der Waals surface area contributed by atoms with Gasteiger partial charge in [-0.25, -0.2) is 14.4 Å². The van der Waals surface area contributed by atoms with E-state index in [1.54, 1.807) is 18.2 Å². The number of fused-ring (bicyclic) bond motifs is 1. The van der Waals surface area contributed by atoms with E-state index >= 15 is 0 Å². The molecule has 3 N–H and O–H groups in total. The van der Waals surface area contributed by atoms with Gasteiger partial charge in [0.05, 0.1) is 17.0 Å². The number of aromatic nitrogens is 2. The predicted molar refractivity (Wildman–Crippen MR) is 104 cm³/mol. The van der Waals surface area contributed by atoms with Crippen molar-refractivity contribution in [1.29, 1.82) is 0 Å². The summed E-state index contributed by atoms with van der Waals surface area (Å²) in [5.41, 5.74) is 1.65. The number of carbonyl (C=O) groups is 2. The molecule has 0 atom stereocenters. The summed E-state index contributed by atoms with van der Waals surface area (Å²) in [6.07, 6.45) is 3.54. The molecule has 9 heteroatoms. The third kappa shape index (κ3) is 4.80. The first-order chi connectivity index (χ1) is 13.4. The highest BCUT2D eigenvalue weighted by molar-refractivity contribution is 6.31. The van der Waals surface area contributed by atoms with E-state index < -0.39 is 17.7 Å². The van der Waals surface area contributed by atoms with Crippen LogP contribution in [0, 0.1) is 5.82 Å². The van der Waals surface area contributed by atoms with Gasteiger partial charge in [-0.05, 0) is 42.5 Å². The Bertz CT molecular complexity index is 1090. The number of amides is 1. The van der Waals surface area contributed by atoms with Gasteiger partial charge < -0.3 is 15.7 Å². The summed E-state index contributed by atoms with van der Waals surface area (Å²) in [4.78, 5) is 30.7. The molecule has 3 aromatic rings. The first kappa shape index (κ1) is 19.2. The molecule has 3 rings (SSSR count). The van der Waals surface area contributed by atoms with Crippen molar-refractivity contribution in [1.82, 2.24) is 9.97 Å². The smallest absolute Gasteiger partial charge is 0.307 e. The van der Waals surface area contributed by atoms with E-state index in [9.17, 15) is 14.0 Å². The number of anilines is 3. The van der Waals surface area contributed by atoms with Crippen LogP contribution in [-0.4, -0.2) is 27.0 Å². The molecule has 0 saturated carbocycles. The molecule has 0 bridgehead atoms. The quantitative estimate of drug-likeness (QED) is 0.537. The third-order valence-electron chi connectivity index (χ3n) is 3.65. The number of nitrogens with one attached hydrogen (secondary N) is 2. The van der Waals surface area contributed by atoms with Gasteiger partial charge >= 0.3 is 5.97 Å². The van der Waals surface area contributed by atoms with Crippen LogP contribution in [0.5, 0.6) is 0 Å². The van der Waals surface area contributed by atoms with Crippen LogP contribution in [0.2, 0.25) is 5.02 Å². The van der Waals surface area contributed by atoms with Gasteiger partial charge in [0.15, 0.2) is 0 Å². The normalized spacial score (nSPS) is 10.9. The molecule has 0 radical (unpaired) electrons. The molecule has 0 unspecified atom stereocenters. The maximum atomic E-state index is 13.3. The molecule has 1 amide bonds. The molecular weight excluding hydrogens is 387 g/mol. The summed E-state index contributed by atoms with van der Waals surface area (Å²) >= 11 is 5.80. The Balaban J connectivity index is 1.85. The van der Waals surface area contributed by atoms with Crippen LogP contribution in [0.1, 0.15) is 6.42 Å². The first-order valence-electron chi connectivity index (χ1n) is 8.08. The maximum absolute atomic E-state index is 13.3. The van der Waals surface area contributed by atoms with Crippen LogP contribution in [0.3, 0.4) is 0 Å². The van der Waals surface area contributed by atoms with Gasteiger partial charge in [0, 0.05) is 16.8 Å². The number of halogens is 2. The molecule has 1 heterocycles. The molecule has 0 aliphatic heterocycles. The van der Waals surface area contributed by atoms with Crippen LogP contribution in [0.25, 0.3) is 10.9 Å². The van der Waals surface area contributed by atoms with Gasteiger partial charge in [-0.3, -0.25) is 9.59 Å². The summed E-state index contributed by atoms with van der Waals surface area (Å²) < 4.78 is 13.3. The molecule has 0 spiro atoms. The molecule has 1 aromatic heterocycles. The van der Waals surface area contributed by atoms with Gasteiger partial charge in [-0.1, -0.05) is 17.7 Å². The van der Waals surface area contributed by atoms with Crippen LogP contribution in [-0.2, 0) is 9.59 Å².